The van der Waals surface area contributed by atoms with Gasteiger partial charge in [-0.15, -0.1) is 11.3 Å². The third kappa shape index (κ3) is 2.46. The third-order valence-corrected chi connectivity index (χ3v) is 5.13. The average Bonchev–Trinajstić information content (AvgIpc) is 2.72. The minimum absolute atomic E-state index is 0.694. The normalized spacial score (nSPS) is 29.9. The second kappa shape index (κ2) is 4.84. The zero-order valence-electron chi connectivity index (χ0n) is 10.7. The van der Waals surface area contributed by atoms with Gasteiger partial charge in [0.05, 0.1) is 5.69 Å². The van der Waals surface area contributed by atoms with Gasteiger partial charge in [-0.05, 0) is 38.5 Å². The zero-order valence-corrected chi connectivity index (χ0v) is 11.5. The van der Waals surface area contributed by atoms with Gasteiger partial charge < -0.3 is 5.32 Å². The first-order valence-corrected chi connectivity index (χ1v) is 7.06. The summed E-state index contributed by atoms with van der Waals surface area (Å²) in [7, 11) is 0. The fourth-order valence-corrected chi connectivity index (χ4v) is 3.37. The van der Waals surface area contributed by atoms with Gasteiger partial charge in [-0.2, -0.15) is 0 Å². The summed E-state index contributed by atoms with van der Waals surface area (Å²) >= 11 is 1.83. The molecular weight excluding hydrogens is 216 g/mol. The molecule has 1 aromatic heterocycles. The standard InChI is InChI=1S/C13H22N2S/c1-8-5-6-12(9(8)2)14-7-13-15-10(3)11(4)16-13/h8-9,12,14H,5-7H2,1-4H3. The quantitative estimate of drug-likeness (QED) is 0.874. The second-order valence-corrected chi connectivity index (χ2v) is 6.44. The van der Waals surface area contributed by atoms with Crippen molar-refractivity contribution in [3.63, 3.8) is 0 Å². The van der Waals surface area contributed by atoms with E-state index in [1.165, 1.54) is 28.4 Å². The van der Waals surface area contributed by atoms with Crippen molar-refractivity contribution in [2.45, 2.75) is 53.1 Å². The summed E-state index contributed by atoms with van der Waals surface area (Å²) in [4.78, 5) is 5.92. The maximum Gasteiger partial charge on any atom is 0.107 e. The molecule has 1 N–H and O–H groups in total. The summed E-state index contributed by atoms with van der Waals surface area (Å²) in [5.74, 6) is 1.68. The molecule has 1 heterocycles. The number of aromatic nitrogens is 1. The lowest BCUT2D eigenvalue weighted by molar-refractivity contribution is 0.369. The van der Waals surface area contributed by atoms with Crippen LogP contribution in [0.2, 0.25) is 0 Å². The number of thiazole rings is 1. The van der Waals surface area contributed by atoms with E-state index in [-0.39, 0.29) is 0 Å². The van der Waals surface area contributed by atoms with Crippen molar-refractivity contribution >= 4 is 11.3 Å². The molecule has 3 atom stereocenters. The molecule has 0 aromatic carbocycles. The van der Waals surface area contributed by atoms with Crippen LogP contribution >= 0.6 is 11.3 Å². The second-order valence-electron chi connectivity index (χ2n) is 5.15. The molecule has 2 rings (SSSR count). The van der Waals surface area contributed by atoms with Gasteiger partial charge in [0.1, 0.15) is 5.01 Å². The Morgan fingerprint density at radius 2 is 2.06 bits per heavy atom. The molecule has 0 aliphatic heterocycles. The number of hydrogen-bond acceptors (Lipinski definition) is 3. The number of nitrogens with one attached hydrogen (secondary N) is 1. The van der Waals surface area contributed by atoms with Crippen LogP contribution in [-0.4, -0.2) is 11.0 Å². The number of rotatable bonds is 3. The Bertz CT molecular complexity index is 339. The highest BCUT2D eigenvalue weighted by Crippen LogP contribution is 2.31. The molecule has 16 heavy (non-hydrogen) atoms. The Labute approximate surface area is 102 Å². The fraction of sp³-hybridized carbons (Fsp3) is 0.769. The molecule has 0 saturated heterocycles. The number of aryl methyl sites for hydroxylation is 2. The van der Waals surface area contributed by atoms with Crippen molar-refractivity contribution in [2.24, 2.45) is 11.8 Å². The molecular formula is C13H22N2S. The van der Waals surface area contributed by atoms with Crippen LogP contribution in [0.25, 0.3) is 0 Å². The van der Waals surface area contributed by atoms with Crippen LogP contribution in [-0.2, 0) is 6.54 Å². The van der Waals surface area contributed by atoms with Crippen molar-refractivity contribution in [1.29, 1.82) is 0 Å². The minimum Gasteiger partial charge on any atom is -0.307 e. The first-order chi connectivity index (χ1) is 7.58. The summed E-state index contributed by atoms with van der Waals surface area (Å²) in [6, 6.07) is 0.694. The molecule has 0 radical (unpaired) electrons. The molecule has 0 amide bonds. The van der Waals surface area contributed by atoms with Gasteiger partial charge in [-0.25, -0.2) is 4.98 Å². The van der Waals surface area contributed by atoms with E-state index in [1.807, 2.05) is 11.3 Å². The van der Waals surface area contributed by atoms with Crippen LogP contribution in [0.4, 0.5) is 0 Å². The van der Waals surface area contributed by atoms with Crippen LogP contribution in [0.5, 0.6) is 0 Å². The maximum atomic E-state index is 4.57. The highest BCUT2D eigenvalue weighted by atomic mass is 32.1. The molecule has 1 aliphatic rings. The molecule has 1 saturated carbocycles. The van der Waals surface area contributed by atoms with Crippen molar-refractivity contribution in [3.05, 3.63) is 15.6 Å². The predicted molar refractivity (Wildman–Crippen MR) is 69.8 cm³/mol. The Kier molecular flexibility index (Phi) is 3.65. The van der Waals surface area contributed by atoms with Gasteiger partial charge in [0.15, 0.2) is 0 Å². The van der Waals surface area contributed by atoms with Gasteiger partial charge >= 0.3 is 0 Å². The van der Waals surface area contributed by atoms with E-state index in [9.17, 15) is 0 Å². The van der Waals surface area contributed by atoms with Gasteiger partial charge in [0.2, 0.25) is 0 Å². The monoisotopic (exact) mass is 238 g/mol. The zero-order chi connectivity index (χ0) is 11.7. The van der Waals surface area contributed by atoms with Crippen molar-refractivity contribution in [1.82, 2.24) is 10.3 Å². The smallest absolute Gasteiger partial charge is 0.107 e. The lowest BCUT2D eigenvalue weighted by Crippen LogP contribution is -2.31. The highest BCUT2D eigenvalue weighted by Gasteiger charge is 2.29. The molecule has 1 aromatic rings. The topological polar surface area (TPSA) is 24.9 Å². The molecule has 1 aliphatic carbocycles. The Hall–Kier alpha value is -0.410. The molecule has 90 valence electrons. The van der Waals surface area contributed by atoms with Gasteiger partial charge in [-0.3, -0.25) is 0 Å². The van der Waals surface area contributed by atoms with Gasteiger partial charge in [0.25, 0.3) is 0 Å². The summed E-state index contributed by atoms with van der Waals surface area (Å²) in [6.07, 6.45) is 2.69. The summed E-state index contributed by atoms with van der Waals surface area (Å²) in [6.45, 7) is 9.92. The van der Waals surface area contributed by atoms with E-state index >= 15 is 0 Å². The summed E-state index contributed by atoms with van der Waals surface area (Å²) in [5, 5.41) is 4.90. The maximum absolute atomic E-state index is 4.57. The fourth-order valence-electron chi connectivity index (χ4n) is 2.49. The van der Waals surface area contributed by atoms with Crippen molar-refractivity contribution in [3.8, 4) is 0 Å². The van der Waals surface area contributed by atoms with Crippen LogP contribution in [0.15, 0.2) is 0 Å². The molecule has 2 nitrogen and oxygen atoms in total. The first kappa shape index (κ1) is 12.1. The molecule has 3 heteroatoms. The van der Waals surface area contributed by atoms with Crippen LogP contribution in [0.1, 0.15) is 42.3 Å². The lowest BCUT2D eigenvalue weighted by atomic mass is 9.98. The summed E-state index contributed by atoms with van der Waals surface area (Å²) in [5.41, 5.74) is 1.19. The Morgan fingerprint density at radius 3 is 2.56 bits per heavy atom. The van der Waals surface area contributed by atoms with E-state index in [4.69, 9.17) is 0 Å². The van der Waals surface area contributed by atoms with Gasteiger partial charge in [-0.1, -0.05) is 13.8 Å². The number of hydrogen-bond donors (Lipinski definition) is 1. The summed E-state index contributed by atoms with van der Waals surface area (Å²) < 4.78 is 0. The van der Waals surface area contributed by atoms with Crippen molar-refractivity contribution in [2.75, 3.05) is 0 Å². The van der Waals surface area contributed by atoms with E-state index < -0.39 is 0 Å². The van der Waals surface area contributed by atoms with E-state index in [2.05, 4.69) is 38.0 Å². The van der Waals surface area contributed by atoms with Crippen LogP contribution < -0.4 is 5.32 Å². The highest BCUT2D eigenvalue weighted by molar-refractivity contribution is 7.11. The van der Waals surface area contributed by atoms with E-state index in [0.717, 1.165) is 18.4 Å². The van der Waals surface area contributed by atoms with Gasteiger partial charge in [0, 0.05) is 17.5 Å². The largest absolute Gasteiger partial charge is 0.307 e. The minimum atomic E-state index is 0.694. The predicted octanol–water partition coefficient (Wildman–Crippen LogP) is 3.28. The molecule has 0 spiro atoms. The van der Waals surface area contributed by atoms with E-state index in [0.29, 0.717) is 6.04 Å². The Morgan fingerprint density at radius 1 is 1.31 bits per heavy atom. The molecule has 0 bridgehead atoms. The molecule has 1 fully saturated rings. The van der Waals surface area contributed by atoms with Crippen LogP contribution in [0, 0.1) is 25.7 Å². The van der Waals surface area contributed by atoms with Crippen LogP contribution in [0.3, 0.4) is 0 Å². The van der Waals surface area contributed by atoms with E-state index in [1.54, 1.807) is 0 Å². The third-order valence-electron chi connectivity index (χ3n) is 4.05. The Balaban J connectivity index is 1.88. The number of nitrogens with zero attached hydrogens (tertiary/aromatic N) is 1. The van der Waals surface area contributed by atoms with Crippen molar-refractivity contribution < 1.29 is 0 Å². The molecule has 3 unspecified atom stereocenters. The first-order valence-electron chi connectivity index (χ1n) is 6.24. The lowest BCUT2D eigenvalue weighted by Gasteiger charge is -2.18. The SMILES string of the molecule is Cc1nc(CNC2CCC(C)C2C)sc1C. The average molecular weight is 238 g/mol.